The molecule has 4 aliphatic rings. The van der Waals surface area contributed by atoms with Crippen LogP contribution in [0.1, 0.15) is 53.9 Å². The van der Waals surface area contributed by atoms with Crippen LogP contribution in [-0.2, 0) is 6.54 Å². The van der Waals surface area contributed by atoms with Gasteiger partial charge in [0.15, 0.2) is 0 Å². The van der Waals surface area contributed by atoms with E-state index in [9.17, 15) is 9.90 Å². The van der Waals surface area contributed by atoms with Gasteiger partial charge in [-0.25, -0.2) is 4.79 Å². The predicted octanol–water partition coefficient (Wildman–Crippen LogP) is 4.65. The smallest absolute Gasteiger partial charge is 0.335 e. The number of carboxylic acids is 1. The SMILES string of the molecule is O=C(O)c1ccc2c(C3CCCCC3)c3n(c2c1)CC1(COc2ccccc2-3)CN(CCN2CCNCC2)C1. The quantitative estimate of drug-likeness (QED) is 0.502. The number of fused-ring (bicyclic) bond motifs is 5. The Morgan fingerprint density at radius 1 is 0.974 bits per heavy atom. The van der Waals surface area contributed by atoms with E-state index in [-0.39, 0.29) is 5.41 Å². The fourth-order valence-corrected chi connectivity index (χ4v) is 7.64. The van der Waals surface area contributed by atoms with Gasteiger partial charge in [0, 0.05) is 80.8 Å². The van der Waals surface area contributed by atoms with Gasteiger partial charge in [-0.15, -0.1) is 0 Å². The van der Waals surface area contributed by atoms with Gasteiger partial charge in [0.05, 0.1) is 17.9 Å². The minimum atomic E-state index is -0.862. The van der Waals surface area contributed by atoms with Gasteiger partial charge < -0.3 is 24.6 Å². The summed E-state index contributed by atoms with van der Waals surface area (Å²) < 4.78 is 9.12. The third kappa shape index (κ3) is 4.64. The number of nitrogens with zero attached hydrogens (tertiary/aromatic N) is 3. The summed E-state index contributed by atoms with van der Waals surface area (Å²) in [6.45, 7) is 10.2. The fourth-order valence-electron chi connectivity index (χ4n) is 7.64. The van der Waals surface area contributed by atoms with E-state index in [4.69, 9.17) is 4.74 Å². The molecule has 1 aliphatic carbocycles. The molecule has 0 atom stereocenters. The number of carbonyl (C=O) groups is 1. The Hall–Kier alpha value is -2.87. The lowest BCUT2D eigenvalue weighted by Gasteiger charge is -2.51. The van der Waals surface area contributed by atoms with E-state index >= 15 is 0 Å². The second-order valence-corrected chi connectivity index (χ2v) is 12.3. The number of rotatable bonds is 5. The summed E-state index contributed by atoms with van der Waals surface area (Å²) in [5.74, 6) is 0.586. The van der Waals surface area contributed by atoms with E-state index < -0.39 is 5.97 Å². The maximum absolute atomic E-state index is 12.0. The van der Waals surface area contributed by atoms with Crippen LogP contribution in [0.25, 0.3) is 22.2 Å². The molecule has 4 heterocycles. The van der Waals surface area contributed by atoms with Gasteiger partial charge >= 0.3 is 5.97 Å². The van der Waals surface area contributed by atoms with E-state index in [1.807, 2.05) is 6.07 Å². The molecule has 7 nitrogen and oxygen atoms in total. The van der Waals surface area contributed by atoms with Crippen molar-refractivity contribution >= 4 is 16.9 Å². The zero-order chi connectivity index (χ0) is 26.4. The highest BCUT2D eigenvalue weighted by molar-refractivity contribution is 5.98. The molecule has 2 N–H and O–H groups in total. The van der Waals surface area contributed by atoms with Crippen molar-refractivity contribution < 1.29 is 14.6 Å². The summed E-state index contributed by atoms with van der Waals surface area (Å²) in [4.78, 5) is 17.2. The molecule has 7 heteroatoms. The number of para-hydroxylation sites is 1. The third-order valence-corrected chi connectivity index (χ3v) is 9.59. The Bertz CT molecular complexity index is 1360. The Kier molecular flexibility index (Phi) is 6.61. The first-order valence-electron chi connectivity index (χ1n) is 14.9. The average Bonchev–Trinajstić information content (AvgIpc) is 3.25. The Morgan fingerprint density at radius 3 is 2.54 bits per heavy atom. The van der Waals surface area contributed by atoms with Crippen molar-refractivity contribution in [3.8, 4) is 17.0 Å². The molecule has 39 heavy (non-hydrogen) atoms. The van der Waals surface area contributed by atoms with Crippen molar-refractivity contribution in [1.82, 2.24) is 19.7 Å². The normalized spacial score (nSPS) is 21.9. The van der Waals surface area contributed by atoms with Gasteiger partial charge in [-0.05, 0) is 48.6 Å². The molecule has 0 unspecified atom stereocenters. The van der Waals surface area contributed by atoms with Crippen molar-refractivity contribution in [3.05, 3.63) is 53.6 Å². The Labute approximate surface area is 230 Å². The first-order chi connectivity index (χ1) is 19.1. The van der Waals surface area contributed by atoms with Crippen molar-refractivity contribution in [3.63, 3.8) is 0 Å². The summed E-state index contributed by atoms with van der Waals surface area (Å²) in [6.07, 6.45) is 6.21. The van der Waals surface area contributed by atoms with E-state index in [2.05, 4.69) is 50.0 Å². The van der Waals surface area contributed by atoms with Crippen LogP contribution in [-0.4, -0.2) is 84.4 Å². The maximum Gasteiger partial charge on any atom is 0.335 e. The molecule has 3 aliphatic heterocycles. The first kappa shape index (κ1) is 25.1. The number of carboxylic acid groups (broad SMARTS) is 1. The number of nitrogens with one attached hydrogen (secondary N) is 1. The predicted molar refractivity (Wildman–Crippen MR) is 154 cm³/mol. The molecule has 3 aromatic rings. The lowest BCUT2D eigenvalue weighted by Crippen LogP contribution is -2.62. The van der Waals surface area contributed by atoms with E-state index in [1.54, 1.807) is 6.07 Å². The van der Waals surface area contributed by atoms with Crippen molar-refractivity contribution in [1.29, 1.82) is 0 Å². The van der Waals surface area contributed by atoms with E-state index in [1.165, 1.54) is 48.7 Å². The molecule has 0 bridgehead atoms. The molecule has 0 radical (unpaired) electrons. The molecule has 2 saturated heterocycles. The highest BCUT2D eigenvalue weighted by Crippen LogP contribution is 2.49. The van der Waals surface area contributed by atoms with Crippen LogP contribution in [0.2, 0.25) is 0 Å². The van der Waals surface area contributed by atoms with E-state index in [0.29, 0.717) is 18.1 Å². The molecule has 2 aromatic carbocycles. The second kappa shape index (κ2) is 10.3. The second-order valence-electron chi connectivity index (χ2n) is 12.3. The summed E-state index contributed by atoms with van der Waals surface area (Å²) in [5, 5.41) is 14.6. The fraction of sp³-hybridized carbons (Fsp3) is 0.531. The topological polar surface area (TPSA) is 70.0 Å². The molecule has 7 rings (SSSR count). The average molecular weight is 529 g/mol. The monoisotopic (exact) mass is 528 g/mol. The van der Waals surface area contributed by atoms with Crippen molar-refractivity contribution in [2.75, 3.05) is 59.0 Å². The molecule has 206 valence electrons. The zero-order valence-electron chi connectivity index (χ0n) is 22.8. The molecule has 0 amide bonds. The molecule has 1 saturated carbocycles. The van der Waals surface area contributed by atoms with Crippen LogP contribution >= 0.6 is 0 Å². The highest BCUT2D eigenvalue weighted by Gasteiger charge is 2.46. The van der Waals surface area contributed by atoms with Crippen LogP contribution in [0.3, 0.4) is 0 Å². The zero-order valence-corrected chi connectivity index (χ0v) is 22.8. The summed E-state index contributed by atoms with van der Waals surface area (Å²) in [6, 6.07) is 14.3. The van der Waals surface area contributed by atoms with Crippen molar-refractivity contribution in [2.45, 2.75) is 44.6 Å². The third-order valence-electron chi connectivity index (χ3n) is 9.59. The van der Waals surface area contributed by atoms with Crippen LogP contribution < -0.4 is 10.1 Å². The summed E-state index contributed by atoms with van der Waals surface area (Å²) in [7, 11) is 0. The number of hydrogen-bond donors (Lipinski definition) is 2. The minimum absolute atomic E-state index is 0.0146. The summed E-state index contributed by atoms with van der Waals surface area (Å²) >= 11 is 0. The lowest BCUT2D eigenvalue weighted by molar-refractivity contribution is -0.0489. The first-order valence-corrected chi connectivity index (χ1v) is 14.9. The number of ether oxygens (including phenoxy) is 1. The molecule has 1 spiro atoms. The number of aromatic carboxylic acids is 1. The van der Waals surface area contributed by atoms with Crippen LogP contribution in [0, 0.1) is 5.41 Å². The minimum Gasteiger partial charge on any atom is -0.492 e. The van der Waals surface area contributed by atoms with Gasteiger partial charge in [0.25, 0.3) is 0 Å². The maximum atomic E-state index is 12.0. The molecular weight excluding hydrogens is 488 g/mol. The number of piperazine rings is 1. The number of likely N-dealkylation sites (tertiary alicyclic amines) is 1. The lowest BCUT2D eigenvalue weighted by atomic mass is 9.79. The van der Waals surface area contributed by atoms with Crippen LogP contribution in [0.4, 0.5) is 0 Å². The van der Waals surface area contributed by atoms with E-state index in [0.717, 1.165) is 75.7 Å². The van der Waals surface area contributed by atoms with Gasteiger partial charge in [0.1, 0.15) is 5.75 Å². The number of benzene rings is 2. The summed E-state index contributed by atoms with van der Waals surface area (Å²) in [5.41, 5.74) is 5.26. The Balaban J connectivity index is 1.29. The standard InChI is InChI=1S/C32H40N4O3/c37-31(38)24-10-11-25-27(18-24)36-21-32(19-35(20-32)17-16-34-14-12-33-13-15-34)22-39-28-9-5-4-8-26(28)30(36)29(25)23-6-2-1-3-7-23/h4-5,8-11,18,23,33H,1-3,6-7,12-17,19-22H2,(H,37,38). The largest absolute Gasteiger partial charge is 0.492 e. The highest BCUT2D eigenvalue weighted by atomic mass is 16.5. The van der Waals surface area contributed by atoms with Crippen LogP contribution in [0.15, 0.2) is 42.5 Å². The Morgan fingerprint density at radius 2 is 1.74 bits per heavy atom. The van der Waals surface area contributed by atoms with Crippen LogP contribution in [0.5, 0.6) is 5.75 Å². The van der Waals surface area contributed by atoms with Gasteiger partial charge in [-0.3, -0.25) is 4.90 Å². The van der Waals surface area contributed by atoms with Crippen molar-refractivity contribution in [2.24, 2.45) is 5.41 Å². The molecule has 1 aromatic heterocycles. The van der Waals surface area contributed by atoms with Gasteiger partial charge in [0.2, 0.25) is 0 Å². The number of aromatic nitrogens is 1. The van der Waals surface area contributed by atoms with Gasteiger partial charge in [-0.1, -0.05) is 37.5 Å². The molecule has 3 fully saturated rings. The number of hydrogen-bond acceptors (Lipinski definition) is 5. The van der Waals surface area contributed by atoms with Gasteiger partial charge in [-0.2, -0.15) is 0 Å². The molecular formula is C32H40N4O3.